The van der Waals surface area contributed by atoms with E-state index in [-0.39, 0.29) is 6.04 Å². The lowest BCUT2D eigenvalue weighted by Gasteiger charge is -2.27. The third kappa shape index (κ3) is 2.00. The van der Waals surface area contributed by atoms with Crippen LogP contribution < -0.4 is 5.32 Å². The van der Waals surface area contributed by atoms with Crippen LogP contribution in [0.4, 0.5) is 0 Å². The van der Waals surface area contributed by atoms with Crippen LogP contribution in [0.1, 0.15) is 17.2 Å². The molecule has 1 atom stereocenters. The van der Waals surface area contributed by atoms with Gasteiger partial charge in [-0.1, -0.05) is 55.7 Å². The van der Waals surface area contributed by atoms with Crippen LogP contribution in [0, 0.1) is 0 Å². The molecule has 0 bridgehead atoms. The lowest BCUT2D eigenvalue weighted by molar-refractivity contribution is 0.567. The summed E-state index contributed by atoms with van der Waals surface area (Å²) in [6.45, 7) is 8.64. The van der Waals surface area contributed by atoms with Crippen molar-refractivity contribution < 1.29 is 0 Å². The van der Waals surface area contributed by atoms with Gasteiger partial charge in [0.2, 0.25) is 0 Å². The number of hydrogen-bond donors (Lipinski definition) is 1. The number of nitrogens with one attached hydrogen (secondary N) is 1. The SMILES string of the molecule is C=C/C=C(\C=C)C1NCCc2ccccc21. The highest BCUT2D eigenvalue weighted by Gasteiger charge is 2.20. The Hall–Kier alpha value is -1.60. The van der Waals surface area contributed by atoms with Gasteiger partial charge in [-0.2, -0.15) is 0 Å². The molecule has 1 aliphatic heterocycles. The minimum Gasteiger partial charge on any atom is -0.306 e. The molecule has 1 aromatic carbocycles. The molecule has 82 valence electrons. The highest BCUT2D eigenvalue weighted by Crippen LogP contribution is 2.28. The number of rotatable bonds is 3. The van der Waals surface area contributed by atoms with Gasteiger partial charge in [0.15, 0.2) is 0 Å². The molecule has 0 amide bonds. The fraction of sp³-hybridized carbons (Fsp3) is 0.200. The summed E-state index contributed by atoms with van der Waals surface area (Å²) < 4.78 is 0. The van der Waals surface area contributed by atoms with Crippen LogP contribution >= 0.6 is 0 Å². The fourth-order valence-corrected chi connectivity index (χ4v) is 2.22. The average Bonchev–Trinajstić information content (AvgIpc) is 2.35. The Bertz CT molecular complexity index is 429. The van der Waals surface area contributed by atoms with Crippen LogP contribution in [-0.2, 0) is 6.42 Å². The van der Waals surface area contributed by atoms with Crippen molar-refractivity contribution in [2.45, 2.75) is 12.5 Å². The molecule has 1 heteroatoms. The summed E-state index contributed by atoms with van der Waals surface area (Å²) in [5.41, 5.74) is 3.98. The number of hydrogen-bond acceptors (Lipinski definition) is 1. The summed E-state index contributed by atoms with van der Waals surface area (Å²) in [6, 6.07) is 8.85. The van der Waals surface area contributed by atoms with E-state index in [0.717, 1.165) is 13.0 Å². The van der Waals surface area contributed by atoms with Crippen molar-refractivity contribution in [3.8, 4) is 0 Å². The molecule has 0 aromatic heterocycles. The van der Waals surface area contributed by atoms with Gasteiger partial charge in [0.25, 0.3) is 0 Å². The van der Waals surface area contributed by atoms with E-state index < -0.39 is 0 Å². The first-order valence-corrected chi connectivity index (χ1v) is 5.63. The molecule has 2 rings (SSSR count). The van der Waals surface area contributed by atoms with Gasteiger partial charge in [-0.25, -0.2) is 0 Å². The van der Waals surface area contributed by atoms with E-state index in [1.165, 1.54) is 16.7 Å². The third-order valence-electron chi connectivity index (χ3n) is 2.99. The van der Waals surface area contributed by atoms with E-state index in [2.05, 4.69) is 42.7 Å². The van der Waals surface area contributed by atoms with E-state index in [0.29, 0.717) is 0 Å². The summed E-state index contributed by atoms with van der Waals surface area (Å²) in [4.78, 5) is 0. The molecule has 0 aliphatic carbocycles. The third-order valence-corrected chi connectivity index (χ3v) is 2.99. The summed E-state index contributed by atoms with van der Waals surface area (Å²) in [7, 11) is 0. The minimum atomic E-state index is 0.264. The van der Waals surface area contributed by atoms with Crippen molar-refractivity contribution in [2.24, 2.45) is 0 Å². The van der Waals surface area contributed by atoms with Gasteiger partial charge in [0.05, 0.1) is 6.04 Å². The second-order valence-corrected chi connectivity index (χ2v) is 3.94. The van der Waals surface area contributed by atoms with Gasteiger partial charge in [-0.3, -0.25) is 0 Å². The topological polar surface area (TPSA) is 12.0 Å². The monoisotopic (exact) mass is 211 g/mol. The van der Waals surface area contributed by atoms with Gasteiger partial charge < -0.3 is 5.32 Å². The van der Waals surface area contributed by atoms with E-state index in [1.54, 1.807) is 0 Å². The molecule has 1 unspecified atom stereocenters. The van der Waals surface area contributed by atoms with Gasteiger partial charge >= 0.3 is 0 Å². The molecule has 1 nitrogen and oxygen atoms in total. The molecule has 1 aliphatic rings. The summed E-state index contributed by atoms with van der Waals surface area (Å²) in [6.07, 6.45) is 6.84. The Labute approximate surface area is 97.2 Å². The Kier molecular flexibility index (Phi) is 3.37. The predicted molar refractivity (Wildman–Crippen MR) is 69.4 cm³/mol. The predicted octanol–water partition coefficient (Wildman–Crippen LogP) is 3.17. The molecule has 0 fully saturated rings. The van der Waals surface area contributed by atoms with Crippen molar-refractivity contribution in [1.29, 1.82) is 0 Å². The second-order valence-electron chi connectivity index (χ2n) is 3.94. The van der Waals surface area contributed by atoms with Crippen molar-refractivity contribution in [2.75, 3.05) is 6.54 Å². The molecular formula is C15H17N. The molecule has 0 radical (unpaired) electrons. The minimum absolute atomic E-state index is 0.264. The molecule has 0 saturated carbocycles. The average molecular weight is 211 g/mol. The Morgan fingerprint density at radius 1 is 1.31 bits per heavy atom. The first-order valence-electron chi connectivity index (χ1n) is 5.63. The molecule has 0 saturated heterocycles. The lowest BCUT2D eigenvalue weighted by atomic mass is 9.89. The second kappa shape index (κ2) is 4.95. The normalized spacial score (nSPS) is 20.0. The highest BCUT2D eigenvalue weighted by atomic mass is 14.9. The molecule has 0 spiro atoms. The maximum atomic E-state index is 3.87. The Balaban J connectivity index is 2.41. The van der Waals surface area contributed by atoms with Crippen LogP contribution in [0.5, 0.6) is 0 Å². The number of fused-ring (bicyclic) bond motifs is 1. The summed E-state index contributed by atoms with van der Waals surface area (Å²) in [5.74, 6) is 0. The largest absolute Gasteiger partial charge is 0.306 e. The summed E-state index contributed by atoms with van der Waals surface area (Å²) in [5, 5.41) is 3.52. The van der Waals surface area contributed by atoms with Crippen LogP contribution in [0.25, 0.3) is 0 Å². The molecule has 1 heterocycles. The maximum absolute atomic E-state index is 3.87. The van der Waals surface area contributed by atoms with Gasteiger partial charge in [-0.15, -0.1) is 0 Å². The van der Waals surface area contributed by atoms with Crippen molar-refractivity contribution >= 4 is 0 Å². The fourth-order valence-electron chi connectivity index (χ4n) is 2.22. The molecular weight excluding hydrogens is 194 g/mol. The van der Waals surface area contributed by atoms with Crippen LogP contribution in [-0.4, -0.2) is 6.54 Å². The van der Waals surface area contributed by atoms with Gasteiger partial charge in [-0.05, 0) is 23.1 Å². The van der Waals surface area contributed by atoms with Crippen LogP contribution in [0.2, 0.25) is 0 Å². The van der Waals surface area contributed by atoms with E-state index in [4.69, 9.17) is 0 Å². The van der Waals surface area contributed by atoms with Crippen LogP contribution in [0.15, 0.2) is 61.2 Å². The first kappa shape index (κ1) is 10.9. The number of benzene rings is 1. The Morgan fingerprint density at radius 2 is 2.12 bits per heavy atom. The molecule has 1 aromatic rings. The highest BCUT2D eigenvalue weighted by molar-refractivity contribution is 5.41. The zero-order valence-corrected chi connectivity index (χ0v) is 9.45. The first-order chi connectivity index (χ1) is 7.86. The van der Waals surface area contributed by atoms with E-state index >= 15 is 0 Å². The molecule has 16 heavy (non-hydrogen) atoms. The van der Waals surface area contributed by atoms with Gasteiger partial charge in [0, 0.05) is 6.54 Å². The summed E-state index contributed by atoms with van der Waals surface area (Å²) >= 11 is 0. The quantitative estimate of drug-likeness (QED) is 0.757. The standard InChI is InChI=1S/C15H17N/c1-3-7-12(4-2)15-14-9-6-5-8-13(14)10-11-16-15/h3-9,15-16H,1-2,10-11H2/b12-7+. The smallest absolute Gasteiger partial charge is 0.0579 e. The van der Waals surface area contributed by atoms with Gasteiger partial charge in [0.1, 0.15) is 0 Å². The van der Waals surface area contributed by atoms with Crippen molar-refractivity contribution in [3.05, 3.63) is 72.4 Å². The van der Waals surface area contributed by atoms with E-state index in [1.807, 2.05) is 18.2 Å². The zero-order valence-electron chi connectivity index (χ0n) is 9.45. The lowest BCUT2D eigenvalue weighted by Crippen LogP contribution is -2.30. The van der Waals surface area contributed by atoms with E-state index in [9.17, 15) is 0 Å². The zero-order chi connectivity index (χ0) is 11.4. The molecule has 1 N–H and O–H groups in total. The number of allylic oxidation sites excluding steroid dienone is 2. The van der Waals surface area contributed by atoms with Crippen LogP contribution in [0.3, 0.4) is 0 Å². The van der Waals surface area contributed by atoms with Crippen molar-refractivity contribution in [3.63, 3.8) is 0 Å². The Morgan fingerprint density at radius 3 is 2.88 bits per heavy atom. The van der Waals surface area contributed by atoms with Crippen molar-refractivity contribution in [1.82, 2.24) is 5.32 Å². The maximum Gasteiger partial charge on any atom is 0.0579 e.